The number of benzene rings is 2. The molecule has 0 bridgehead atoms. The van der Waals surface area contributed by atoms with Crippen LogP contribution in [0.4, 0.5) is 5.69 Å². The predicted molar refractivity (Wildman–Crippen MR) is 86.8 cm³/mol. The molecule has 0 saturated carbocycles. The van der Waals surface area contributed by atoms with Crippen LogP contribution in [0.25, 0.3) is 10.2 Å². The van der Waals surface area contributed by atoms with Gasteiger partial charge in [-0.3, -0.25) is 5.43 Å². The van der Waals surface area contributed by atoms with Crippen LogP contribution < -0.4 is 5.43 Å². The maximum absolute atomic E-state index is 6.19. The van der Waals surface area contributed by atoms with E-state index in [2.05, 4.69) is 15.5 Å². The van der Waals surface area contributed by atoms with Gasteiger partial charge in [0.15, 0.2) is 10.2 Å². The van der Waals surface area contributed by atoms with E-state index in [-0.39, 0.29) is 0 Å². The molecule has 3 nitrogen and oxygen atoms in total. The Bertz CT molecular complexity index is 729. The fourth-order valence-electron chi connectivity index (χ4n) is 1.75. The topological polar surface area (TPSA) is 37.3 Å². The average molecular weight is 302 g/mol. The molecule has 0 unspecified atom stereocenters. The summed E-state index contributed by atoms with van der Waals surface area (Å²) in [6, 6.07) is 15.9. The van der Waals surface area contributed by atoms with E-state index in [0.29, 0.717) is 10.2 Å². The predicted octanol–water partition coefficient (Wildman–Crippen LogP) is 4.62. The lowest BCUT2D eigenvalue weighted by Gasteiger charge is -2.00. The molecule has 20 heavy (non-hydrogen) atoms. The van der Waals surface area contributed by atoms with Crippen molar-refractivity contribution >= 4 is 44.0 Å². The number of hydrazone groups is 1. The van der Waals surface area contributed by atoms with Crippen molar-refractivity contribution in [3.05, 3.63) is 59.1 Å². The first kappa shape index (κ1) is 13.1. The molecule has 0 aliphatic carbocycles. The van der Waals surface area contributed by atoms with E-state index in [1.165, 1.54) is 16.9 Å². The third-order valence-electron chi connectivity index (χ3n) is 2.81. The molecular formula is C15H12ClN3S. The Morgan fingerprint density at radius 3 is 2.65 bits per heavy atom. The number of halogens is 1. The number of anilines is 1. The monoisotopic (exact) mass is 301 g/mol. The van der Waals surface area contributed by atoms with Crippen LogP contribution in [0, 0.1) is 6.92 Å². The molecule has 0 saturated heterocycles. The van der Waals surface area contributed by atoms with Gasteiger partial charge in [-0.25, -0.2) is 4.98 Å². The van der Waals surface area contributed by atoms with E-state index in [0.717, 1.165) is 15.9 Å². The first-order valence-electron chi connectivity index (χ1n) is 6.14. The summed E-state index contributed by atoms with van der Waals surface area (Å²) in [6.45, 7) is 2.04. The summed E-state index contributed by atoms with van der Waals surface area (Å²) in [5.41, 5.74) is 5.98. The smallest absolute Gasteiger partial charge is 0.185 e. The SMILES string of the molecule is Cc1ccc(NN=C(Cl)c2nc3ccccc3s2)cc1. The van der Waals surface area contributed by atoms with E-state index < -0.39 is 0 Å². The minimum Gasteiger partial charge on any atom is -0.277 e. The maximum atomic E-state index is 6.19. The molecule has 5 heteroatoms. The van der Waals surface area contributed by atoms with E-state index >= 15 is 0 Å². The molecule has 0 aliphatic heterocycles. The zero-order chi connectivity index (χ0) is 13.9. The second-order valence-corrected chi connectivity index (χ2v) is 5.76. The molecule has 0 amide bonds. The van der Waals surface area contributed by atoms with Gasteiger partial charge >= 0.3 is 0 Å². The normalized spacial score (nSPS) is 11.8. The summed E-state index contributed by atoms with van der Waals surface area (Å²) in [5, 5.41) is 5.25. The second-order valence-electron chi connectivity index (χ2n) is 4.37. The number of para-hydroxylation sites is 1. The van der Waals surface area contributed by atoms with E-state index in [9.17, 15) is 0 Å². The number of fused-ring (bicyclic) bond motifs is 1. The highest BCUT2D eigenvalue weighted by atomic mass is 35.5. The van der Waals surface area contributed by atoms with Gasteiger partial charge in [0.2, 0.25) is 0 Å². The molecule has 2 aromatic carbocycles. The number of nitrogens with zero attached hydrogens (tertiary/aromatic N) is 2. The number of aryl methyl sites for hydroxylation is 1. The van der Waals surface area contributed by atoms with Gasteiger partial charge in [-0.1, -0.05) is 41.4 Å². The Balaban J connectivity index is 1.82. The minimum absolute atomic E-state index is 0.367. The standard InChI is InChI=1S/C15H12ClN3S/c1-10-6-8-11(9-7-10)18-19-14(16)15-17-12-4-2-3-5-13(12)20-15/h2-9,18H,1H3. The molecule has 1 N–H and O–H groups in total. The molecular weight excluding hydrogens is 290 g/mol. The van der Waals surface area contributed by atoms with Crippen LogP contribution in [-0.4, -0.2) is 10.2 Å². The highest BCUT2D eigenvalue weighted by Gasteiger charge is 2.07. The highest BCUT2D eigenvalue weighted by Crippen LogP contribution is 2.23. The lowest BCUT2D eigenvalue weighted by atomic mass is 10.2. The molecule has 1 aromatic heterocycles. The van der Waals surface area contributed by atoms with Crippen LogP contribution in [-0.2, 0) is 0 Å². The zero-order valence-corrected chi connectivity index (χ0v) is 12.4. The third-order valence-corrected chi connectivity index (χ3v) is 4.22. The maximum Gasteiger partial charge on any atom is 0.185 e. The highest BCUT2D eigenvalue weighted by molar-refractivity contribution is 7.21. The lowest BCUT2D eigenvalue weighted by molar-refractivity contribution is 1.32. The second kappa shape index (κ2) is 5.61. The van der Waals surface area contributed by atoms with E-state index in [1.807, 2.05) is 55.5 Å². The number of thiazole rings is 1. The van der Waals surface area contributed by atoms with Crippen LogP contribution in [0.2, 0.25) is 0 Å². The van der Waals surface area contributed by atoms with Crippen LogP contribution in [0.3, 0.4) is 0 Å². The Hall–Kier alpha value is -1.91. The molecule has 0 aliphatic rings. The summed E-state index contributed by atoms with van der Waals surface area (Å²) in [7, 11) is 0. The van der Waals surface area contributed by atoms with Crippen molar-refractivity contribution < 1.29 is 0 Å². The zero-order valence-electron chi connectivity index (χ0n) is 10.8. The molecule has 0 spiro atoms. The molecule has 100 valence electrons. The van der Waals surface area contributed by atoms with Crippen molar-refractivity contribution in [2.75, 3.05) is 5.43 Å². The van der Waals surface area contributed by atoms with Crippen LogP contribution in [0.15, 0.2) is 53.6 Å². The van der Waals surface area contributed by atoms with Crippen molar-refractivity contribution in [3.63, 3.8) is 0 Å². The Labute approximate surface area is 125 Å². The summed E-state index contributed by atoms with van der Waals surface area (Å²) in [4.78, 5) is 4.45. The van der Waals surface area contributed by atoms with Crippen LogP contribution in [0.1, 0.15) is 10.6 Å². The van der Waals surface area contributed by atoms with Crippen molar-refractivity contribution in [1.82, 2.24) is 4.98 Å². The fourth-order valence-corrected chi connectivity index (χ4v) is 2.80. The van der Waals surface area contributed by atoms with Crippen LogP contribution >= 0.6 is 22.9 Å². The summed E-state index contributed by atoms with van der Waals surface area (Å²) < 4.78 is 1.10. The summed E-state index contributed by atoms with van der Waals surface area (Å²) >= 11 is 7.72. The molecule has 3 rings (SSSR count). The van der Waals surface area contributed by atoms with Gasteiger partial charge in [-0.15, -0.1) is 11.3 Å². The number of aromatic nitrogens is 1. The van der Waals surface area contributed by atoms with Crippen molar-refractivity contribution in [2.45, 2.75) is 6.92 Å². The van der Waals surface area contributed by atoms with E-state index in [4.69, 9.17) is 11.6 Å². The van der Waals surface area contributed by atoms with Gasteiger partial charge < -0.3 is 0 Å². The third kappa shape index (κ3) is 2.81. The van der Waals surface area contributed by atoms with Gasteiger partial charge in [-0.05, 0) is 31.2 Å². The molecule has 3 aromatic rings. The first-order valence-corrected chi connectivity index (χ1v) is 7.33. The Morgan fingerprint density at radius 1 is 1.15 bits per heavy atom. The largest absolute Gasteiger partial charge is 0.277 e. The molecule has 0 fully saturated rings. The van der Waals surface area contributed by atoms with E-state index in [1.54, 1.807) is 0 Å². The van der Waals surface area contributed by atoms with Crippen molar-refractivity contribution in [3.8, 4) is 0 Å². The quantitative estimate of drug-likeness (QED) is 0.566. The van der Waals surface area contributed by atoms with Gasteiger partial charge in [-0.2, -0.15) is 5.10 Å². The van der Waals surface area contributed by atoms with Gasteiger partial charge in [0.1, 0.15) is 0 Å². The molecule has 1 heterocycles. The van der Waals surface area contributed by atoms with Crippen LogP contribution in [0.5, 0.6) is 0 Å². The number of rotatable bonds is 3. The van der Waals surface area contributed by atoms with Gasteiger partial charge in [0.05, 0.1) is 15.9 Å². The molecule has 0 radical (unpaired) electrons. The van der Waals surface area contributed by atoms with Gasteiger partial charge in [0.25, 0.3) is 0 Å². The lowest BCUT2D eigenvalue weighted by Crippen LogP contribution is -1.96. The summed E-state index contributed by atoms with van der Waals surface area (Å²) in [5.74, 6) is 0. The van der Waals surface area contributed by atoms with Crippen molar-refractivity contribution in [2.24, 2.45) is 5.10 Å². The Kier molecular flexibility index (Phi) is 3.67. The van der Waals surface area contributed by atoms with Crippen molar-refractivity contribution in [1.29, 1.82) is 0 Å². The fraction of sp³-hybridized carbons (Fsp3) is 0.0667. The first-order chi connectivity index (χ1) is 9.72. The van der Waals surface area contributed by atoms with Gasteiger partial charge in [0, 0.05) is 0 Å². The average Bonchev–Trinajstić information content (AvgIpc) is 2.90. The number of hydrogen-bond donors (Lipinski definition) is 1. The summed E-state index contributed by atoms with van der Waals surface area (Å²) in [6.07, 6.45) is 0. The number of nitrogens with one attached hydrogen (secondary N) is 1. The molecule has 0 atom stereocenters. The number of hydrogen-bond acceptors (Lipinski definition) is 4. The Morgan fingerprint density at radius 2 is 1.90 bits per heavy atom. The minimum atomic E-state index is 0.367.